The molecule has 1 aromatic carbocycles. The quantitative estimate of drug-likeness (QED) is 0.611. The number of benzene rings is 1. The molecule has 1 N–H and O–H groups in total. The Kier molecular flexibility index (Phi) is 5.29. The van der Waals surface area contributed by atoms with E-state index >= 15 is 0 Å². The minimum atomic E-state index is -0.224. The summed E-state index contributed by atoms with van der Waals surface area (Å²) in [4.78, 5) is 15.4. The van der Waals surface area contributed by atoms with Crippen LogP contribution in [0.15, 0.2) is 30.5 Å². The molecule has 0 aliphatic carbocycles. The zero-order valence-corrected chi connectivity index (χ0v) is 14.7. The maximum Gasteiger partial charge on any atom is 0.340 e. The summed E-state index contributed by atoms with van der Waals surface area (Å²) in [6, 6.07) is 8.22. The van der Waals surface area contributed by atoms with E-state index in [-0.39, 0.29) is 23.0 Å². The summed E-state index contributed by atoms with van der Waals surface area (Å²) < 4.78 is 6.54. The lowest BCUT2D eigenvalue weighted by molar-refractivity contribution is -0.920. The second kappa shape index (κ2) is 6.84. The molecule has 0 spiro atoms. The molecule has 120 valence electrons. The lowest BCUT2D eigenvalue weighted by atomic mass is 10.0. The van der Waals surface area contributed by atoms with Crippen LogP contribution in [0.25, 0.3) is 10.9 Å². The third kappa shape index (κ3) is 3.36. The zero-order chi connectivity index (χ0) is 14.9. The summed E-state index contributed by atoms with van der Waals surface area (Å²) in [7, 11) is 4.45. The van der Waals surface area contributed by atoms with Crippen LogP contribution in [-0.2, 0) is 4.74 Å². The molecule has 5 heteroatoms. The van der Waals surface area contributed by atoms with E-state index in [1.54, 1.807) is 6.20 Å². The fourth-order valence-corrected chi connectivity index (χ4v) is 3.21. The van der Waals surface area contributed by atoms with Crippen LogP contribution in [0.2, 0.25) is 0 Å². The van der Waals surface area contributed by atoms with E-state index < -0.39 is 0 Å². The zero-order valence-electron chi connectivity index (χ0n) is 13.1. The predicted octanol–water partition coefficient (Wildman–Crippen LogP) is -0.0424. The highest BCUT2D eigenvalue weighted by molar-refractivity contribution is 6.03. The van der Waals surface area contributed by atoms with Gasteiger partial charge < -0.3 is 31.2 Å². The van der Waals surface area contributed by atoms with Gasteiger partial charge in [0, 0.05) is 23.5 Å². The van der Waals surface area contributed by atoms with Gasteiger partial charge in [-0.15, -0.1) is 0 Å². The molecule has 1 aliphatic rings. The molecule has 1 atom stereocenters. The average Bonchev–Trinajstić information content (AvgIpc) is 2.89. The number of nitrogens with zero attached hydrogens (tertiary/aromatic N) is 1. The third-order valence-electron chi connectivity index (χ3n) is 4.73. The number of hydrogen-bond donors (Lipinski definition) is 1. The van der Waals surface area contributed by atoms with Crippen LogP contribution in [0, 0.1) is 0 Å². The number of aromatic amines is 1. The van der Waals surface area contributed by atoms with Crippen molar-refractivity contribution in [1.29, 1.82) is 0 Å². The highest BCUT2D eigenvalue weighted by Crippen LogP contribution is 2.23. The van der Waals surface area contributed by atoms with Crippen LogP contribution < -0.4 is 17.0 Å². The number of likely N-dealkylation sites (N-methyl/N-ethyl adjacent to an activating group) is 1. The molecule has 0 amide bonds. The Morgan fingerprint density at radius 2 is 2.09 bits per heavy atom. The molecule has 3 rings (SSSR count). The highest BCUT2D eigenvalue weighted by Gasteiger charge is 2.32. The molecule has 0 saturated carbocycles. The van der Waals surface area contributed by atoms with Crippen LogP contribution in [0.1, 0.15) is 29.6 Å². The number of rotatable bonds is 3. The third-order valence-corrected chi connectivity index (χ3v) is 4.73. The standard InChI is InChI=1S/C17H22N2O2.BrH/c1-19(2)10-6-5-7-13(19)12-21-17(20)15-11-18-16-9-4-3-8-14(15)16;/h3-4,8-9,11,13H,5-7,10,12H2,1-2H3;1H. The van der Waals surface area contributed by atoms with E-state index in [4.69, 9.17) is 4.74 Å². The number of para-hydroxylation sites is 1. The van der Waals surface area contributed by atoms with Crippen LogP contribution in [0.4, 0.5) is 0 Å². The van der Waals surface area contributed by atoms with Gasteiger partial charge in [-0.3, -0.25) is 0 Å². The number of piperidine rings is 1. The summed E-state index contributed by atoms with van der Waals surface area (Å²) in [5, 5.41) is 0.930. The Morgan fingerprint density at radius 1 is 1.32 bits per heavy atom. The number of carbonyl (C=O) groups is 1. The Balaban J connectivity index is 0.00000176. The molecule has 1 fully saturated rings. The van der Waals surface area contributed by atoms with Crippen molar-refractivity contribution < 1.29 is 31.0 Å². The summed E-state index contributed by atoms with van der Waals surface area (Å²) in [5.41, 5.74) is 1.60. The van der Waals surface area contributed by atoms with Crippen molar-refractivity contribution in [3.05, 3.63) is 36.0 Å². The Morgan fingerprint density at radius 3 is 2.86 bits per heavy atom. The van der Waals surface area contributed by atoms with Crippen molar-refractivity contribution >= 4 is 16.9 Å². The first kappa shape index (κ1) is 17.0. The van der Waals surface area contributed by atoms with Gasteiger partial charge in [-0.1, -0.05) is 18.2 Å². The lowest BCUT2D eigenvalue weighted by Gasteiger charge is -2.41. The van der Waals surface area contributed by atoms with Gasteiger partial charge in [0.25, 0.3) is 0 Å². The minimum absolute atomic E-state index is 0. The van der Waals surface area contributed by atoms with Crippen molar-refractivity contribution in [1.82, 2.24) is 4.98 Å². The number of fused-ring (bicyclic) bond motifs is 1. The first-order valence-electron chi connectivity index (χ1n) is 7.64. The van der Waals surface area contributed by atoms with E-state index in [0.29, 0.717) is 18.2 Å². The number of carbonyl (C=O) groups excluding carboxylic acids is 1. The van der Waals surface area contributed by atoms with Gasteiger partial charge in [-0.05, 0) is 18.9 Å². The SMILES string of the molecule is C[N+]1(C)CCCCC1COC(=O)c1c[nH]c2ccccc12.[Br-]. The molecule has 2 aromatic rings. The first-order valence-corrected chi connectivity index (χ1v) is 7.64. The Labute approximate surface area is 141 Å². The summed E-state index contributed by atoms with van der Waals surface area (Å²) in [5.74, 6) is -0.224. The molecule has 1 saturated heterocycles. The van der Waals surface area contributed by atoms with E-state index in [1.807, 2.05) is 24.3 Å². The van der Waals surface area contributed by atoms with Crippen molar-refractivity contribution in [2.75, 3.05) is 27.2 Å². The number of likely N-dealkylation sites (tertiary alicyclic amines) is 1. The van der Waals surface area contributed by atoms with E-state index in [1.165, 1.54) is 12.8 Å². The van der Waals surface area contributed by atoms with Gasteiger partial charge in [-0.25, -0.2) is 4.79 Å². The number of halogens is 1. The van der Waals surface area contributed by atoms with E-state index in [2.05, 4.69) is 19.1 Å². The maximum absolute atomic E-state index is 12.3. The molecule has 22 heavy (non-hydrogen) atoms. The Hall–Kier alpha value is -1.33. The van der Waals surface area contributed by atoms with Gasteiger partial charge in [0.05, 0.1) is 26.2 Å². The van der Waals surface area contributed by atoms with Crippen LogP contribution >= 0.6 is 0 Å². The normalized spacial score (nSPS) is 20.4. The number of quaternary nitrogens is 1. The van der Waals surface area contributed by atoms with Crippen molar-refractivity contribution in [2.24, 2.45) is 0 Å². The van der Waals surface area contributed by atoms with Crippen molar-refractivity contribution in [3.8, 4) is 0 Å². The van der Waals surface area contributed by atoms with Gasteiger partial charge in [0.15, 0.2) is 0 Å². The van der Waals surface area contributed by atoms with Gasteiger partial charge in [0.2, 0.25) is 0 Å². The molecular weight excluding hydrogens is 344 g/mol. The molecule has 0 bridgehead atoms. The monoisotopic (exact) mass is 366 g/mol. The largest absolute Gasteiger partial charge is 1.00 e. The fraction of sp³-hybridized carbons (Fsp3) is 0.471. The van der Waals surface area contributed by atoms with Crippen LogP contribution in [0.3, 0.4) is 0 Å². The summed E-state index contributed by atoms with van der Waals surface area (Å²) in [6.45, 7) is 1.67. The van der Waals surface area contributed by atoms with Gasteiger partial charge in [-0.2, -0.15) is 0 Å². The predicted molar refractivity (Wildman–Crippen MR) is 83.2 cm³/mol. The average molecular weight is 367 g/mol. The van der Waals surface area contributed by atoms with Gasteiger partial charge >= 0.3 is 5.97 Å². The summed E-state index contributed by atoms with van der Waals surface area (Å²) in [6.07, 6.45) is 5.37. The second-order valence-electron chi connectivity index (χ2n) is 6.50. The lowest BCUT2D eigenvalue weighted by Crippen LogP contribution is -3.00. The van der Waals surface area contributed by atoms with Crippen LogP contribution in [-0.4, -0.2) is 48.7 Å². The minimum Gasteiger partial charge on any atom is -1.00 e. The van der Waals surface area contributed by atoms with Crippen molar-refractivity contribution in [3.63, 3.8) is 0 Å². The molecule has 1 aromatic heterocycles. The molecule has 1 aliphatic heterocycles. The molecule has 1 unspecified atom stereocenters. The number of esters is 1. The van der Waals surface area contributed by atoms with E-state index in [9.17, 15) is 4.79 Å². The smallest absolute Gasteiger partial charge is 0.340 e. The number of nitrogens with one attached hydrogen (secondary N) is 1. The van der Waals surface area contributed by atoms with Crippen molar-refractivity contribution in [2.45, 2.75) is 25.3 Å². The Bertz CT molecular complexity index is 651. The topological polar surface area (TPSA) is 42.1 Å². The first-order chi connectivity index (χ1) is 10.1. The molecule has 4 nitrogen and oxygen atoms in total. The molecule has 2 heterocycles. The molecular formula is C17H23BrN2O2. The number of ether oxygens (including phenoxy) is 1. The van der Waals surface area contributed by atoms with Gasteiger partial charge in [0.1, 0.15) is 12.6 Å². The number of H-pyrrole nitrogens is 1. The molecule has 0 radical (unpaired) electrons. The summed E-state index contributed by atoms with van der Waals surface area (Å²) >= 11 is 0. The maximum atomic E-state index is 12.3. The highest BCUT2D eigenvalue weighted by atomic mass is 79.9. The fourth-order valence-electron chi connectivity index (χ4n) is 3.21. The van der Waals surface area contributed by atoms with E-state index in [0.717, 1.165) is 28.4 Å². The van der Waals surface area contributed by atoms with Crippen LogP contribution in [0.5, 0.6) is 0 Å². The number of hydrogen-bond acceptors (Lipinski definition) is 2. The second-order valence-corrected chi connectivity index (χ2v) is 6.50. The number of aromatic nitrogens is 1.